The molecule has 0 fully saturated rings. The summed E-state index contributed by atoms with van der Waals surface area (Å²) in [5.74, 6) is 0. The first-order valence-electron chi connectivity index (χ1n) is 4.95. The predicted molar refractivity (Wildman–Crippen MR) is 62.6 cm³/mol. The summed E-state index contributed by atoms with van der Waals surface area (Å²) in [6, 6.07) is 2.95. The number of halogens is 1. The fraction of sp³-hybridized carbons (Fsp3) is 0.400. The van der Waals surface area contributed by atoms with Crippen molar-refractivity contribution >= 4 is 23.3 Å². The number of aliphatic hydroxyl groups excluding tert-OH is 1. The largest absolute Gasteiger partial charge is 0.395 e. The van der Waals surface area contributed by atoms with E-state index in [0.29, 0.717) is 23.9 Å². The zero-order valence-corrected chi connectivity index (χ0v) is 9.74. The van der Waals surface area contributed by atoms with Crippen LogP contribution in [0.2, 0.25) is 5.15 Å². The molecule has 0 aromatic carbocycles. The fourth-order valence-corrected chi connectivity index (χ4v) is 1.38. The Balaban J connectivity index is 2.62. The smallest absolute Gasteiger partial charge is 0.321 e. The molecule has 88 valence electrons. The molecule has 1 heterocycles. The molecule has 5 nitrogen and oxygen atoms in total. The quantitative estimate of drug-likeness (QED) is 0.790. The first-order chi connectivity index (χ1) is 7.67. The molecule has 1 rings (SSSR count). The Bertz CT molecular complexity index is 360. The first-order valence-corrected chi connectivity index (χ1v) is 5.33. The van der Waals surface area contributed by atoms with E-state index in [4.69, 9.17) is 16.7 Å². The highest BCUT2D eigenvalue weighted by Crippen LogP contribution is 2.12. The van der Waals surface area contributed by atoms with Crippen molar-refractivity contribution in [2.75, 3.05) is 25.0 Å². The van der Waals surface area contributed by atoms with Gasteiger partial charge < -0.3 is 15.3 Å². The number of urea groups is 1. The molecule has 6 heteroatoms. The molecular formula is C10H14ClN3O2. The van der Waals surface area contributed by atoms with Crippen molar-refractivity contribution in [2.45, 2.75) is 6.92 Å². The molecule has 1 aromatic rings. The number of anilines is 1. The van der Waals surface area contributed by atoms with Gasteiger partial charge in [0.15, 0.2) is 0 Å². The Morgan fingerprint density at radius 3 is 3.00 bits per heavy atom. The highest BCUT2D eigenvalue weighted by molar-refractivity contribution is 6.29. The van der Waals surface area contributed by atoms with Crippen LogP contribution in [0, 0.1) is 0 Å². The van der Waals surface area contributed by atoms with E-state index in [-0.39, 0.29) is 12.6 Å². The van der Waals surface area contributed by atoms with Gasteiger partial charge in [-0.2, -0.15) is 0 Å². The zero-order valence-electron chi connectivity index (χ0n) is 8.98. The molecule has 0 saturated carbocycles. The standard InChI is InChI=1S/C10H14ClN3O2/c1-2-14(5-6-15)10(16)13-8-3-4-12-9(11)7-8/h3-4,7,15H,2,5-6H2,1H3,(H,12,13,16). The third-order valence-corrected chi connectivity index (χ3v) is 2.22. The minimum absolute atomic E-state index is 0.0572. The second kappa shape index (κ2) is 6.30. The van der Waals surface area contributed by atoms with Gasteiger partial charge in [0.1, 0.15) is 5.15 Å². The van der Waals surface area contributed by atoms with Crippen molar-refractivity contribution in [1.29, 1.82) is 0 Å². The number of likely N-dealkylation sites (N-methyl/N-ethyl adjacent to an activating group) is 1. The van der Waals surface area contributed by atoms with Gasteiger partial charge in [-0.25, -0.2) is 9.78 Å². The maximum absolute atomic E-state index is 11.7. The third kappa shape index (κ3) is 3.67. The van der Waals surface area contributed by atoms with Gasteiger partial charge in [0, 0.05) is 25.0 Å². The summed E-state index contributed by atoms with van der Waals surface area (Å²) in [6.07, 6.45) is 1.51. The first kappa shape index (κ1) is 12.7. The SMILES string of the molecule is CCN(CCO)C(=O)Nc1ccnc(Cl)c1. The molecule has 0 aliphatic rings. The normalized spacial score (nSPS) is 9.94. The summed E-state index contributed by atoms with van der Waals surface area (Å²) in [4.78, 5) is 17.0. The van der Waals surface area contributed by atoms with Gasteiger partial charge in [-0.05, 0) is 19.1 Å². The number of amides is 2. The summed E-state index contributed by atoms with van der Waals surface area (Å²) < 4.78 is 0. The van der Waals surface area contributed by atoms with Crippen LogP contribution in [0.15, 0.2) is 18.3 Å². The number of rotatable bonds is 4. The highest BCUT2D eigenvalue weighted by Gasteiger charge is 2.10. The lowest BCUT2D eigenvalue weighted by Gasteiger charge is -2.20. The predicted octanol–water partition coefficient (Wildman–Crippen LogP) is 1.58. The Morgan fingerprint density at radius 1 is 1.69 bits per heavy atom. The lowest BCUT2D eigenvalue weighted by atomic mass is 10.4. The van der Waals surface area contributed by atoms with Crippen LogP contribution in [0.3, 0.4) is 0 Å². The molecule has 0 aliphatic heterocycles. The summed E-state index contributed by atoms with van der Waals surface area (Å²) in [6.45, 7) is 2.62. The topological polar surface area (TPSA) is 65.5 Å². The van der Waals surface area contributed by atoms with Gasteiger partial charge in [-0.1, -0.05) is 11.6 Å². The van der Waals surface area contributed by atoms with Crippen molar-refractivity contribution in [3.8, 4) is 0 Å². The van der Waals surface area contributed by atoms with Crippen molar-refractivity contribution in [2.24, 2.45) is 0 Å². The van der Waals surface area contributed by atoms with Crippen LogP contribution in [0.5, 0.6) is 0 Å². The lowest BCUT2D eigenvalue weighted by molar-refractivity contribution is 0.192. The summed E-state index contributed by atoms with van der Waals surface area (Å²) >= 11 is 5.69. The van der Waals surface area contributed by atoms with Gasteiger partial charge in [0.2, 0.25) is 0 Å². The summed E-state index contributed by atoms with van der Waals surface area (Å²) in [5.41, 5.74) is 0.585. The van der Waals surface area contributed by atoms with Crippen LogP contribution in [0.1, 0.15) is 6.92 Å². The van der Waals surface area contributed by atoms with Crippen LogP contribution in [-0.2, 0) is 0 Å². The minimum Gasteiger partial charge on any atom is -0.395 e. The average molecular weight is 244 g/mol. The van der Waals surface area contributed by atoms with Crippen LogP contribution in [0.4, 0.5) is 10.5 Å². The van der Waals surface area contributed by atoms with Gasteiger partial charge >= 0.3 is 6.03 Å². The second-order valence-corrected chi connectivity index (χ2v) is 3.49. The van der Waals surface area contributed by atoms with E-state index in [1.807, 2.05) is 6.92 Å². The van der Waals surface area contributed by atoms with E-state index in [2.05, 4.69) is 10.3 Å². The molecule has 0 saturated heterocycles. The number of aliphatic hydroxyl groups is 1. The number of pyridine rings is 1. The number of aromatic nitrogens is 1. The Kier molecular flexibility index (Phi) is 5.01. The van der Waals surface area contributed by atoms with Crippen LogP contribution in [-0.4, -0.2) is 40.7 Å². The highest BCUT2D eigenvalue weighted by atomic mass is 35.5. The van der Waals surface area contributed by atoms with E-state index in [9.17, 15) is 4.79 Å². The monoisotopic (exact) mass is 243 g/mol. The van der Waals surface area contributed by atoms with Crippen LogP contribution < -0.4 is 5.32 Å². The Labute approximate surface area is 99.0 Å². The molecule has 0 atom stereocenters. The van der Waals surface area contributed by atoms with E-state index >= 15 is 0 Å². The number of carbonyl (C=O) groups excluding carboxylic acids is 1. The molecular weight excluding hydrogens is 230 g/mol. The maximum Gasteiger partial charge on any atom is 0.321 e. The Morgan fingerprint density at radius 2 is 2.44 bits per heavy atom. The number of nitrogens with one attached hydrogen (secondary N) is 1. The number of nitrogens with zero attached hydrogens (tertiary/aromatic N) is 2. The molecule has 0 radical (unpaired) electrons. The lowest BCUT2D eigenvalue weighted by Crippen LogP contribution is -2.36. The molecule has 16 heavy (non-hydrogen) atoms. The van der Waals surface area contributed by atoms with Gasteiger partial charge in [-0.3, -0.25) is 0 Å². The fourth-order valence-electron chi connectivity index (χ4n) is 1.21. The molecule has 2 amide bonds. The van der Waals surface area contributed by atoms with Crippen molar-refractivity contribution < 1.29 is 9.90 Å². The summed E-state index contributed by atoms with van der Waals surface area (Å²) in [7, 11) is 0. The maximum atomic E-state index is 11.7. The van der Waals surface area contributed by atoms with Crippen LogP contribution in [0.25, 0.3) is 0 Å². The second-order valence-electron chi connectivity index (χ2n) is 3.10. The number of hydrogen-bond donors (Lipinski definition) is 2. The van der Waals surface area contributed by atoms with Crippen molar-refractivity contribution in [1.82, 2.24) is 9.88 Å². The van der Waals surface area contributed by atoms with E-state index in [1.54, 1.807) is 12.1 Å². The van der Waals surface area contributed by atoms with Crippen molar-refractivity contribution in [3.05, 3.63) is 23.5 Å². The van der Waals surface area contributed by atoms with Gasteiger partial charge in [0.05, 0.1) is 6.61 Å². The minimum atomic E-state index is -0.265. The third-order valence-electron chi connectivity index (χ3n) is 2.02. The summed E-state index contributed by atoms with van der Waals surface area (Å²) in [5, 5.41) is 11.8. The van der Waals surface area contributed by atoms with E-state index < -0.39 is 0 Å². The van der Waals surface area contributed by atoms with Crippen LogP contribution >= 0.6 is 11.6 Å². The molecule has 0 unspecified atom stereocenters. The molecule has 2 N–H and O–H groups in total. The molecule has 0 spiro atoms. The van der Waals surface area contributed by atoms with Crippen molar-refractivity contribution in [3.63, 3.8) is 0 Å². The van der Waals surface area contributed by atoms with Gasteiger partial charge in [0.25, 0.3) is 0 Å². The van der Waals surface area contributed by atoms with E-state index in [1.165, 1.54) is 11.1 Å². The van der Waals surface area contributed by atoms with E-state index in [0.717, 1.165) is 0 Å². The molecule has 0 aliphatic carbocycles. The number of carbonyl (C=O) groups is 1. The molecule has 0 bridgehead atoms. The molecule has 1 aromatic heterocycles. The van der Waals surface area contributed by atoms with Gasteiger partial charge in [-0.15, -0.1) is 0 Å². The zero-order chi connectivity index (χ0) is 12.0. The Hall–Kier alpha value is -1.33. The average Bonchev–Trinajstić information content (AvgIpc) is 2.25. The number of hydrogen-bond acceptors (Lipinski definition) is 3.